The number of sulfonamides is 1. The second-order valence-corrected chi connectivity index (χ2v) is 4.81. The highest BCUT2D eigenvalue weighted by Crippen LogP contribution is 2.13. The number of hydrogen-bond acceptors (Lipinski definition) is 3. The van der Waals surface area contributed by atoms with Crippen molar-refractivity contribution in [2.75, 3.05) is 6.54 Å². The van der Waals surface area contributed by atoms with Crippen LogP contribution in [0.2, 0.25) is 0 Å². The fraction of sp³-hybridized carbons (Fsp3) is 0.444. The van der Waals surface area contributed by atoms with Gasteiger partial charge < -0.3 is 9.88 Å². The molecule has 1 aromatic rings. The van der Waals surface area contributed by atoms with E-state index in [0.717, 1.165) is 0 Å². The molecule has 0 aliphatic rings. The summed E-state index contributed by atoms with van der Waals surface area (Å²) in [6, 6.07) is 1.28. The molecule has 0 fully saturated rings. The van der Waals surface area contributed by atoms with Gasteiger partial charge in [0.25, 0.3) is 5.91 Å². The highest BCUT2D eigenvalue weighted by Gasteiger charge is 2.17. The molecular formula is C9H15N3O3S. The van der Waals surface area contributed by atoms with Crippen molar-refractivity contribution in [3.05, 3.63) is 18.0 Å². The monoisotopic (exact) mass is 245 g/mol. The van der Waals surface area contributed by atoms with Crippen LogP contribution in [0, 0.1) is 0 Å². The fourth-order valence-electron chi connectivity index (χ4n) is 1.34. The number of nitrogens with two attached hydrogens (primary N) is 1. The van der Waals surface area contributed by atoms with Crippen molar-refractivity contribution in [3.8, 4) is 0 Å². The average Bonchev–Trinajstić information content (AvgIpc) is 2.61. The summed E-state index contributed by atoms with van der Waals surface area (Å²) in [7, 11) is -3.76. The number of nitrogens with zero attached hydrogens (tertiary/aromatic N) is 1. The number of hydrogen-bond donors (Lipinski definition) is 2. The van der Waals surface area contributed by atoms with E-state index in [-0.39, 0.29) is 10.8 Å². The van der Waals surface area contributed by atoms with Crippen molar-refractivity contribution < 1.29 is 13.2 Å². The Morgan fingerprint density at radius 3 is 2.56 bits per heavy atom. The third-order valence-electron chi connectivity index (χ3n) is 2.11. The molecule has 3 N–H and O–H groups in total. The van der Waals surface area contributed by atoms with Crippen molar-refractivity contribution in [3.63, 3.8) is 0 Å². The second kappa shape index (κ2) is 4.67. The lowest BCUT2D eigenvalue weighted by molar-refractivity contribution is 0.0946. The van der Waals surface area contributed by atoms with Crippen molar-refractivity contribution in [2.24, 2.45) is 5.14 Å². The Morgan fingerprint density at radius 2 is 2.12 bits per heavy atom. The van der Waals surface area contributed by atoms with Crippen LogP contribution in [-0.4, -0.2) is 25.4 Å². The molecule has 0 aliphatic heterocycles. The van der Waals surface area contributed by atoms with Crippen LogP contribution in [0.3, 0.4) is 0 Å². The van der Waals surface area contributed by atoms with Gasteiger partial charge in [-0.25, -0.2) is 13.6 Å². The molecule has 1 aromatic heterocycles. The van der Waals surface area contributed by atoms with E-state index in [1.165, 1.54) is 12.3 Å². The van der Waals surface area contributed by atoms with E-state index >= 15 is 0 Å². The highest BCUT2D eigenvalue weighted by molar-refractivity contribution is 7.89. The topological polar surface area (TPSA) is 94.2 Å². The molecule has 1 rings (SSSR count). The van der Waals surface area contributed by atoms with Gasteiger partial charge in [0.15, 0.2) is 0 Å². The predicted octanol–water partition coefficient (Wildman–Crippen LogP) is -0.0949. The summed E-state index contributed by atoms with van der Waals surface area (Å²) < 4.78 is 23.8. The van der Waals surface area contributed by atoms with E-state index in [1.54, 1.807) is 11.5 Å². The molecule has 6 nitrogen and oxygen atoms in total. The molecule has 1 amide bonds. The van der Waals surface area contributed by atoms with Crippen LogP contribution in [0.4, 0.5) is 0 Å². The number of carbonyl (C=O) groups is 1. The number of aromatic nitrogens is 1. The van der Waals surface area contributed by atoms with Gasteiger partial charge in [0.2, 0.25) is 10.0 Å². The molecule has 0 saturated heterocycles. The van der Waals surface area contributed by atoms with Crippen molar-refractivity contribution >= 4 is 15.9 Å². The fourth-order valence-corrected chi connectivity index (χ4v) is 1.89. The lowest BCUT2D eigenvalue weighted by atomic mass is 10.4. The minimum atomic E-state index is -3.76. The average molecular weight is 245 g/mol. The van der Waals surface area contributed by atoms with Gasteiger partial charge in [-0.3, -0.25) is 4.79 Å². The van der Waals surface area contributed by atoms with Gasteiger partial charge in [-0.15, -0.1) is 0 Å². The Bertz CT molecular complexity index is 490. The quantitative estimate of drug-likeness (QED) is 0.775. The number of aryl methyl sites for hydroxylation is 1. The van der Waals surface area contributed by atoms with Crippen LogP contribution < -0.4 is 10.5 Å². The summed E-state index contributed by atoms with van der Waals surface area (Å²) in [6.45, 7) is 4.59. The van der Waals surface area contributed by atoms with Crippen LogP contribution in [0.1, 0.15) is 24.3 Å². The summed E-state index contributed by atoms with van der Waals surface area (Å²) in [5.41, 5.74) is 0.299. The van der Waals surface area contributed by atoms with Crippen LogP contribution in [0.25, 0.3) is 0 Å². The SMILES string of the molecule is CCNC(=O)c1cc(S(N)(=O)=O)cn1CC. The van der Waals surface area contributed by atoms with Gasteiger partial charge in [0.05, 0.1) is 0 Å². The van der Waals surface area contributed by atoms with Gasteiger partial charge in [0, 0.05) is 19.3 Å². The van der Waals surface area contributed by atoms with E-state index < -0.39 is 10.0 Å². The first-order chi connectivity index (χ1) is 7.40. The van der Waals surface area contributed by atoms with Crippen LogP contribution in [0.15, 0.2) is 17.2 Å². The zero-order chi connectivity index (χ0) is 12.3. The molecule has 90 valence electrons. The van der Waals surface area contributed by atoms with Gasteiger partial charge in [-0.2, -0.15) is 0 Å². The number of primary sulfonamides is 1. The summed E-state index contributed by atoms with van der Waals surface area (Å²) in [4.78, 5) is 11.6. The van der Waals surface area contributed by atoms with Crippen LogP contribution in [-0.2, 0) is 16.6 Å². The zero-order valence-electron chi connectivity index (χ0n) is 9.23. The van der Waals surface area contributed by atoms with Crippen molar-refractivity contribution in [1.29, 1.82) is 0 Å². The maximum atomic E-state index is 11.6. The summed E-state index contributed by atoms with van der Waals surface area (Å²) in [5, 5.41) is 7.60. The molecule has 1 heterocycles. The second-order valence-electron chi connectivity index (χ2n) is 3.25. The largest absolute Gasteiger partial charge is 0.351 e. The molecule has 0 bridgehead atoms. The summed E-state index contributed by atoms with van der Waals surface area (Å²) in [6.07, 6.45) is 1.36. The van der Waals surface area contributed by atoms with Gasteiger partial charge >= 0.3 is 0 Å². The van der Waals surface area contributed by atoms with Crippen molar-refractivity contribution in [2.45, 2.75) is 25.3 Å². The Morgan fingerprint density at radius 1 is 1.50 bits per heavy atom. The molecule has 0 atom stereocenters. The molecule has 16 heavy (non-hydrogen) atoms. The molecule has 0 aromatic carbocycles. The van der Waals surface area contributed by atoms with E-state index in [9.17, 15) is 13.2 Å². The Balaban J connectivity index is 3.19. The smallest absolute Gasteiger partial charge is 0.267 e. The third-order valence-corrected chi connectivity index (χ3v) is 2.99. The predicted molar refractivity (Wildman–Crippen MR) is 59.5 cm³/mol. The molecule has 0 unspecified atom stereocenters. The summed E-state index contributed by atoms with van der Waals surface area (Å²) in [5.74, 6) is -0.306. The Hall–Kier alpha value is -1.34. The molecule has 0 radical (unpaired) electrons. The van der Waals surface area contributed by atoms with Crippen LogP contribution >= 0.6 is 0 Å². The molecule has 0 aliphatic carbocycles. The first kappa shape index (κ1) is 12.7. The van der Waals surface area contributed by atoms with Gasteiger partial charge in [-0.05, 0) is 19.9 Å². The number of amides is 1. The zero-order valence-corrected chi connectivity index (χ0v) is 10.0. The van der Waals surface area contributed by atoms with E-state index in [2.05, 4.69) is 5.32 Å². The third kappa shape index (κ3) is 2.61. The standard InChI is InChI=1S/C9H15N3O3S/c1-3-11-9(13)8-5-7(16(10,14)15)6-12(8)4-2/h5-6H,3-4H2,1-2H3,(H,11,13)(H2,10,14,15). The lowest BCUT2D eigenvalue weighted by Gasteiger charge is -2.04. The van der Waals surface area contributed by atoms with E-state index in [0.29, 0.717) is 18.8 Å². The van der Waals surface area contributed by atoms with Gasteiger partial charge in [-0.1, -0.05) is 0 Å². The number of rotatable bonds is 4. The maximum absolute atomic E-state index is 11.6. The first-order valence-corrected chi connectivity index (χ1v) is 6.46. The molecule has 0 spiro atoms. The molecular weight excluding hydrogens is 230 g/mol. The highest BCUT2D eigenvalue weighted by atomic mass is 32.2. The van der Waals surface area contributed by atoms with E-state index in [1.807, 2.05) is 6.92 Å². The van der Waals surface area contributed by atoms with E-state index in [4.69, 9.17) is 5.14 Å². The van der Waals surface area contributed by atoms with Crippen LogP contribution in [0.5, 0.6) is 0 Å². The maximum Gasteiger partial charge on any atom is 0.267 e. The minimum absolute atomic E-state index is 0.0457. The lowest BCUT2D eigenvalue weighted by Crippen LogP contribution is -2.25. The molecule has 7 heteroatoms. The normalized spacial score (nSPS) is 11.4. The minimum Gasteiger partial charge on any atom is -0.351 e. The first-order valence-electron chi connectivity index (χ1n) is 4.91. The Kier molecular flexibility index (Phi) is 3.71. The Labute approximate surface area is 94.5 Å². The molecule has 0 saturated carbocycles. The number of carbonyl (C=O) groups excluding carboxylic acids is 1. The number of nitrogens with one attached hydrogen (secondary N) is 1. The van der Waals surface area contributed by atoms with Crippen molar-refractivity contribution in [1.82, 2.24) is 9.88 Å². The summed E-state index contributed by atoms with van der Waals surface area (Å²) >= 11 is 0. The van der Waals surface area contributed by atoms with Gasteiger partial charge in [0.1, 0.15) is 10.6 Å².